The molecule has 108 valence electrons. The van der Waals surface area contributed by atoms with Crippen molar-refractivity contribution in [1.29, 1.82) is 0 Å². The molecule has 0 aliphatic heterocycles. The van der Waals surface area contributed by atoms with Crippen LogP contribution in [0.1, 0.15) is 26.3 Å². The van der Waals surface area contributed by atoms with E-state index in [9.17, 15) is 0 Å². The monoisotopic (exact) mass is 285 g/mol. The lowest BCUT2D eigenvalue weighted by Crippen LogP contribution is -2.44. The Morgan fingerprint density at radius 1 is 1.11 bits per heavy atom. The first kappa shape index (κ1) is 16.4. The molecule has 0 spiro atoms. The lowest BCUT2D eigenvalue weighted by Gasteiger charge is -2.27. The van der Waals surface area contributed by atoms with Crippen LogP contribution in [0.3, 0.4) is 0 Å². The van der Waals surface area contributed by atoms with Gasteiger partial charge in [-0.15, -0.1) is 0 Å². The van der Waals surface area contributed by atoms with Crippen LogP contribution in [0.25, 0.3) is 0 Å². The normalized spacial score (nSPS) is 12.9. The summed E-state index contributed by atoms with van der Waals surface area (Å²) in [7, 11) is 0. The van der Waals surface area contributed by atoms with E-state index in [4.69, 9.17) is 21.1 Å². The van der Waals surface area contributed by atoms with E-state index in [0.29, 0.717) is 13.2 Å². The van der Waals surface area contributed by atoms with Crippen LogP contribution in [0.15, 0.2) is 24.3 Å². The van der Waals surface area contributed by atoms with Gasteiger partial charge in [0.2, 0.25) is 0 Å². The van der Waals surface area contributed by atoms with Gasteiger partial charge in [0.05, 0.1) is 6.04 Å². The van der Waals surface area contributed by atoms with Gasteiger partial charge in [-0.3, -0.25) is 0 Å². The van der Waals surface area contributed by atoms with Crippen molar-refractivity contribution in [1.82, 2.24) is 5.32 Å². The Bertz CT molecular complexity index is 354. The third-order valence-electron chi connectivity index (χ3n) is 2.85. The summed E-state index contributed by atoms with van der Waals surface area (Å²) in [6, 6.07) is 8.00. The predicted octanol–water partition coefficient (Wildman–Crippen LogP) is 3.26. The minimum absolute atomic E-state index is 0.102. The summed E-state index contributed by atoms with van der Waals surface area (Å²) < 4.78 is 11.4. The number of halogens is 1. The Labute approximate surface area is 121 Å². The SMILES string of the molecule is CCNC(Cc1ccccc1Cl)C(OCC)OCC. The van der Waals surface area contributed by atoms with Crippen molar-refractivity contribution in [2.75, 3.05) is 19.8 Å². The summed E-state index contributed by atoms with van der Waals surface area (Å²) in [5.41, 5.74) is 1.11. The number of hydrogen-bond donors (Lipinski definition) is 1. The molecule has 1 rings (SSSR count). The Morgan fingerprint density at radius 3 is 2.26 bits per heavy atom. The largest absolute Gasteiger partial charge is 0.351 e. The highest BCUT2D eigenvalue weighted by Gasteiger charge is 2.22. The van der Waals surface area contributed by atoms with Crippen LogP contribution in [0.2, 0.25) is 5.02 Å². The first-order chi connectivity index (χ1) is 9.22. The molecule has 0 aliphatic carbocycles. The minimum Gasteiger partial charge on any atom is -0.351 e. The van der Waals surface area contributed by atoms with Gasteiger partial charge in [0.1, 0.15) is 0 Å². The minimum atomic E-state index is -0.244. The molecule has 0 aromatic heterocycles. The quantitative estimate of drug-likeness (QED) is 0.707. The van der Waals surface area contributed by atoms with Gasteiger partial charge in [0.15, 0.2) is 6.29 Å². The zero-order chi connectivity index (χ0) is 14.1. The van der Waals surface area contributed by atoms with E-state index in [1.165, 1.54) is 0 Å². The first-order valence-corrected chi connectivity index (χ1v) is 7.30. The van der Waals surface area contributed by atoms with Crippen molar-refractivity contribution in [3.8, 4) is 0 Å². The zero-order valence-electron chi connectivity index (χ0n) is 12.0. The smallest absolute Gasteiger partial charge is 0.172 e. The summed E-state index contributed by atoms with van der Waals surface area (Å²) in [6.07, 6.45) is 0.546. The lowest BCUT2D eigenvalue weighted by molar-refractivity contribution is -0.153. The molecule has 1 aromatic rings. The molecule has 1 aromatic carbocycles. The van der Waals surface area contributed by atoms with Crippen LogP contribution in [0.5, 0.6) is 0 Å². The zero-order valence-corrected chi connectivity index (χ0v) is 12.7. The van der Waals surface area contributed by atoms with Gasteiger partial charge in [0, 0.05) is 18.2 Å². The van der Waals surface area contributed by atoms with Crippen LogP contribution < -0.4 is 5.32 Å². The highest BCUT2D eigenvalue weighted by molar-refractivity contribution is 6.31. The maximum absolute atomic E-state index is 6.22. The Kier molecular flexibility index (Phi) is 8.07. The van der Waals surface area contributed by atoms with Crippen molar-refractivity contribution >= 4 is 11.6 Å². The molecule has 0 saturated carbocycles. The van der Waals surface area contributed by atoms with Crippen molar-refractivity contribution in [2.45, 2.75) is 39.5 Å². The van der Waals surface area contributed by atoms with E-state index in [2.05, 4.69) is 12.2 Å². The van der Waals surface area contributed by atoms with Crippen molar-refractivity contribution in [2.24, 2.45) is 0 Å². The number of rotatable bonds is 9. The van der Waals surface area contributed by atoms with E-state index >= 15 is 0 Å². The van der Waals surface area contributed by atoms with E-state index in [1.54, 1.807) is 0 Å². The van der Waals surface area contributed by atoms with Crippen molar-refractivity contribution in [3.05, 3.63) is 34.9 Å². The van der Waals surface area contributed by atoms with E-state index < -0.39 is 0 Å². The number of likely N-dealkylation sites (N-methyl/N-ethyl adjacent to an activating group) is 1. The van der Waals surface area contributed by atoms with Gasteiger partial charge in [-0.25, -0.2) is 0 Å². The van der Waals surface area contributed by atoms with Gasteiger partial charge in [0.25, 0.3) is 0 Å². The molecule has 0 bridgehead atoms. The number of benzene rings is 1. The second kappa shape index (κ2) is 9.32. The molecule has 0 radical (unpaired) electrons. The van der Waals surface area contributed by atoms with Gasteiger partial charge in [-0.1, -0.05) is 36.7 Å². The number of ether oxygens (including phenoxy) is 2. The second-order valence-corrected chi connectivity index (χ2v) is 4.65. The van der Waals surface area contributed by atoms with E-state index in [-0.39, 0.29) is 12.3 Å². The molecule has 0 saturated heterocycles. The van der Waals surface area contributed by atoms with Crippen LogP contribution in [-0.4, -0.2) is 32.1 Å². The average Bonchev–Trinajstić information content (AvgIpc) is 2.40. The number of hydrogen-bond acceptors (Lipinski definition) is 3. The predicted molar refractivity (Wildman–Crippen MR) is 79.7 cm³/mol. The molecule has 3 nitrogen and oxygen atoms in total. The Balaban J connectivity index is 2.77. The molecule has 0 aliphatic rings. The molecule has 1 atom stereocenters. The van der Waals surface area contributed by atoms with Crippen molar-refractivity contribution < 1.29 is 9.47 Å². The van der Waals surface area contributed by atoms with E-state index in [0.717, 1.165) is 23.6 Å². The summed E-state index contributed by atoms with van der Waals surface area (Å²) in [5.74, 6) is 0. The summed E-state index contributed by atoms with van der Waals surface area (Å²) in [5, 5.41) is 4.21. The second-order valence-electron chi connectivity index (χ2n) is 4.24. The highest BCUT2D eigenvalue weighted by atomic mass is 35.5. The lowest BCUT2D eigenvalue weighted by atomic mass is 10.1. The van der Waals surface area contributed by atoms with Crippen molar-refractivity contribution in [3.63, 3.8) is 0 Å². The summed E-state index contributed by atoms with van der Waals surface area (Å²) in [6.45, 7) is 8.17. The molecule has 4 heteroatoms. The molecule has 0 amide bonds. The fourth-order valence-corrected chi connectivity index (χ4v) is 2.25. The Hall–Kier alpha value is -0.610. The molecule has 1 unspecified atom stereocenters. The number of nitrogens with one attached hydrogen (secondary N) is 1. The maximum Gasteiger partial charge on any atom is 0.172 e. The highest BCUT2D eigenvalue weighted by Crippen LogP contribution is 2.18. The summed E-state index contributed by atoms with van der Waals surface area (Å²) >= 11 is 6.22. The molecule has 0 fully saturated rings. The molecular formula is C15H24ClNO2. The van der Waals surface area contributed by atoms with Crippen LogP contribution >= 0.6 is 11.6 Å². The standard InChI is InChI=1S/C15H24ClNO2/c1-4-17-14(15(18-5-2)19-6-3)11-12-9-7-8-10-13(12)16/h7-10,14-15,17H,4-6,11H2,1-3H3. The van der Waals surface area contributed by atoms with Gasteiger partial charge in [-0.2, -0.15) is 0 Å². The van der Waals surface area contributed by atoms with Gasteiger partial charge < -0.3 is 14.8 Å². The summed E-state index contributed by atoms with van der Waals surface area (Å²) in [4.78, 5) is 0. The van der Waals surface area contributed by atoms with Crippen LogP contribution in [-0.2, 0) is 15.9 Å². The molecule has 0 heterocycles. The third-order valence-corrected chi connectivity index (χ3v) is 3.22. The fourth-order valence-electron chi connectivity index (χ4n) is 2.04. The molecular weight excluding hydrogens is 262 g/mol. The van der Waals surface area contributed by atoms with Gasteiger partial charge in [-0.05, 0) is 38.4 Å². The maximum atomic E-state index is 6.22. The topological polar surface area (TPSA) is 30.5 Å². The van der Waals surface area contributed by atoms with Gasteiger partial charge >= 0.3 is 0 Å². The van der Waals surface area contributed by atoms with E-state index in [1.807, 2.05) is 38.1 Å². The Morgan fingerprint density at radius 2 is 1.74 bits per heavy atom. The van der Waals surface area contributed by atoms with Crippen LogP contribution in [0.4, 0.5) is 0 Å². The van der Waals surface area contributed by atoms with Crippen LogP contribution in [0, 0.1) is 0 Å². The average molecular weight is 286 g/mol. The molecule has 19 heavy (non-hydrogen) atoms. The first-order valence-electron chi connectivity index (χ1n) is 6.92. The third kappa shape index (κ3) is 5.49. The fraction of sp³-hybridized carbons (Fsp3) is 0.600. The molecule has 1 N–H and O–H groups in total.